The predicted molar refractivity (Wildman–Crippen MR) is 134 cm³/mol. The minimum Gasteiger partial charge on any atom is -0.493 e. The number of likely N-dealkylation sites (tertiary alicyclic amines) is 1. The van der Waals surface area contributed by atoms with E-state index in [4.69, 9.17) is 27.9 Å². The Morgan fingerprint density at radius 3 is 2.38 bits per heavy atom. The van der Waals surface area contributed by atoms with Gasteiger partial charge >= 0.3 is 0 Å². The van der Waals surface area contributed by atoms with Gasteiger partial charge in [-0.15, -0.1) is 0 Å². The summed E-state index contributed by atoms with van der Waals surface area (Å²) in [7, 11) is -3.75. The lowest BCUT2D eigenvalue weighted by Crippen LogP contribution is -2.51. The molecule has 184 valence electrons. The summed E-state index contributed by atoms with van der Waals surface area (Å²) in [6.45, 7) is 2.38. The highest BCUT2D eigenvalue weighted by Gasteiger charge is 2.43. The highest BCUT2D eigenvalue weighted by molar-refractivity contribution is 7.89. The first-order chi connectivity index (χ1) is 16.3. The number of carbonyl (C=O) groups excluding carboxylic acids is 1. The summed E-state index contributed by atoms with van der Waals surface area (Å²) in [5.74, 6) is 0.713. The Labute approximate surface area is 211 Å². The van der Waals surface area contributed by atoms with Crippen LogP contribution in [0.2, 0.25) is 10.0 Å². The standard InChI is InChI=1S/C25H30Cl2N2O4S/c26-20-8-10-22(11-9-20)33-19-25(17-24(30)28-13-2-1-3-14-28)12-5-15-29(18-25)34(31,32)23-7-4-6-21(27)16-23/h4,6-11,16H,1-3,5,12-15,17-19H2/t25-/m1/s1. The van der Waals surface area contributed by atoms with E-state index in [2.05, 4.69) is 0 Å². The average molecular weight is 525 g/mol. The van der Waals surface area contributed by atoms with Gasteiger partial charge in [-0.05, 0) is 74.6 Å². The summed E-state index contributed by atoms with van der Waals surface area (Å²) >= 11 is 12.1. The molecule has 4 rings (SSSR count). The zero-order valence-corrected chi connectivity index (χ0v) is 21.4. The second-order valence-electron chi connectivity index (χ2n) is 9.26. The van der Waals surface area contributed by atoms with Crippen molar-refractivity contribution in [2.45, 2.75) is 43.4 Å². The van der Waals surface area contributed by atoms with Crippen LogP contribution in [-0.2, 0) is 14.8 Å². The Kier molecular flexibility index (Phi) is 8.08. The normalized spacial score (nSPS) is 21.9. The highest BCUT2D eigenvalue weighted by atomic mass is 35.5. The minimum atomic E-state index is -3.75. The van der Waals surface area contributed by atoms with Crippen LogP contribution in [0.15, 0.2) is 53.4 Å². The molecular formula is C25H30Cl2N2O4S. The fourth-order valence-corrected chi connectivity index (χ4v) is 6.82. The van der Waals surface area contributed by atoms with Crippen LogP contribution in [0.3, 0.4) is 0 Å². The number of amides is 1. The maximum atomic E-state index is 13.4. The molecule has 0 N–H and O–H groups in total. The van der Waals surface area contributed by atoms with Gasteiger partial charge < -0.3 is 9.64 Å². The van der Waals surface area contributed by atoms with E-state index >= 15 is 0 Å². The predicted octanol–water partition coefficient (Wildman–Crippen LogP) is 5.25. The van der Waals surface area contributed by atoms with Crippen molar-refractivity contribution in [3.05, 3.63) is 58.6 Å². The molecule has 0 aromatic heterocycles. The fraction of sp³-hybridized carbons (Fsp3) is 0.480. The van der Waals surface area contributed by atoms with Crippen molar-refractivity contribution in [3.8, 4) is 5.75 Å². The molecule has 2 aliphatic rings. The molecule has 0 bridgehead atoms. The third-order valence-corrected chi connectivity index (χ3v) is 8.98. The van der Waals surface area contributed by atoms with Crippen molar-refractivity contribution in [2.75, 3.05) is 32.8 Å². The van der Waals surface area contributed by atoms with E-state index < -0.39 is 15.4 Å². The zero-order valence-electron chi connectivity index (χ0n) is 19.1. The van der Waals surface area contributed by atoms with Crippen LogP contribution in [0.5, 0.6) is 5.75 Å². The lowest BCUT2D eigenvalue weighted by Gasteiger charge is -2.42. The average Bonchev–Trinajstić information content (AvgIpc) is 2.84. The van der Waals surface area contributed by atoms with Crippen molar-refractivity contribution in [2.24, 2.45) is 5.41 Å². The number of sulfonamides is 1. The molecule has 0 radical (unpaired) electrons. The van der Waals surface area contributed by atoms with Crippen molar-refractivity contribution < 1.29 is 17.9 Å². The van der Waals surface area contributed by atoms with Crippen LogP contribution in [0.25, 0.3) is 0 Å². The Hall–Kier alpha value is -1.80. The van der Waals surface area contributed by atoms with Gasteiger partial charge in [0.1, 0.15) is 5.75 Å². The van der Waals surface area contributed by atoms with E-state index in [1.807, 2.05) is 4.90 Å². The first-order valence-electron chi connectivity index (χ1n) is 11.7. The Morgan fingerprint density at radius 1 is 0.941 bits per heavy atom. The zero-order chi connectivity index (χ0) is 24.2. The summed E-state index contributed by atoms with van der Waals surface area (Å²) in [5, 5.41) is 0.981. The van der Waals surface area contributed by atoms with Crippen molar-refractivity contribution in [3.63, 3.8) is 0 Å². The molecule has 0 spiro atoms. The molecular weight excluding hydrogens is 495 g/mol. The first-order valence-corrected chi connectivity index (χ1v) is 13.9. The first kappa shape index (κ1) is 25.3. The third kappa shape index (κ3) is 6.06. The largest absolute Gasteiger partial charge is 0.493 e. The summed E-state index contributed by atoms with van der Waals surface area (Å²) in [6.07, 6.45) is 4.77. The second-order valence-corrected chi connectivity index (χ2v) is 12.1. The van der Waals surface area contributed by atoms with Gasteiger partial charge in [0.2, 0.25) is 15.9 Å². The summed E-state index contributed by atoms with van der Waals surface area (Å²) in [4.78, 5) is 15.3. The van der Waals surface area contributed by atoms with E-state index in [1.54, 1.807) is 42.5 Å². The summed E-state index contributed by atoms with van der Waals surface area (Å²) in [5.41, 5.74) is -0.627. The molecule has 2 aliphatic heterocycles. The molecule has 2 heterocycles. The van der Waals surface area contributed by atoms with E-state index in [0.29, 0.717) is 35.2 Å². The van der Waals surface area contributed by atoms with E-state index in [0.717, 1.165) is 32.4 Å². The van der Waals surface area contributed by atoms with Gasteiger partial charge in [-0.1, -0.05) is 29.3 Å². The highest BCUT2D eigenvalue weighted by Crippen LogP contribution is 2.38. The number of carbonyl (C=O) groups is 1. The minimum absolute atomic E-state index is 0.0707. The molecule has 2 saturated heterocycles. The van der Waals surface area contributed by atoms with Gasteiger partial charge in [0, 0.05) is 48.1 Å². The van der Waals surface area contributed by atoms with Crippen molar-refractivity contribution in [1.29, 1.82) is 0 Å². The van der Waals surface area contributed by atoms with E-state index in [9.17, 15) is 13.2 Å². The van der Waals surface area contributed by atoms with Crippen LogP contribution >= 0.6 is 23.2 Å². The van der Waals surface area contributed by atoms with Crippen molar-refractivity contribution >= 4 is 39.1 Å². The Balaban J connectivity index is 1.58. The number of nitrogens with zero attached hydrogens (tertiary/aromatic N) is 2. The topological polar surface area (TPSA) is 66.9 Å². The third-order valence-electron chi connectivity index (χ3n) is 6.65. The summed E-state index contributed by atoms with van der Waals surface area (Å²) < 4.78 is 34.5. The maximum Gasteiger partial charge on any atom is 0.243 e. The summed E-state index contributed by atoms with van der Waals surface area (Å²) in [6, 6.07) is 13.4. The molecule has 2 aromatic carbocycles. The van der Waals surface area contributed by atoms with Gasteiger partial charge in [-0.2, -0.15) is 4.31 Å². The molecule has 0 unspecified atom stereocenters. The number of rotatable bonds is 7. The van der Waals surface area contributed by atoms with Crippen LogP contribution in [0.1, 0.15) is 38.5 Å². The number of halogens is 2. The number of hydrogen-bond acceptors (Lipinski definition) is 4. The SMILES string of the molecule is O=C(C[C@]1(COc2ccc(Cl)cc2)CCCN(S(=O)(=O)c2cccc(Cl)c2)C1)N1CCCCC1. The quantitative estimate of drug-likeness (QED) is 0.496. The number of piperidine rings is 2. The molecule has 0 aliphatic carbocycles. The van der Waals surface area contributed by atoms with Gasteiger partial charge in [-0.25, -0.2) is 8.42 Å². The molecule has 2 aromatic rings. The number of ether oxygens (including phenoxy) is 1. The lowest BCUT2D eigenvalue weighted by molar-refractivity contribution is -0.136. The van der Waals surface area contributed by atoms with Crippen LogP contribution in [-0.4, -0.2) is 56.3 Å². The van der Waals surface area contributed by atoms with Crippen LogP contribution in [0.4, 0.5) is 0 Å². The maximum absolute atomic E-state index is 13.4. The lowest BCUT2D eigenvalue weighted by atomic mass is 9.78. The van der Waals surface area contributed by atoms with Gasteiger partial charge in [0.05, 0.1) is 11.5 Å². The molecule has 6 nitrogen and oxygen atoms in total. The molecule has 1 atom stereocenters. The van der Waals surface area contributed by atoms with Gasteiger partial charge in [0.25, 0.3) is 0 Å². The molecule has 2 fully saturated rings. The number of benzene rings is 2. The van der Waals surface area contributed by atoms with Crippen molar-refractivity contribution in [1.82, 2.24) is 9.21 Å². The number of hydrogen-bond donors (Lipinski definition) is 0. The van der Waals surface area contributed by atoms with Crippen LogP contribution in [0, 0.1) is 5.41 Å². The Morgan fingerprint density at radius 2 is 1.68 bits per heavy atom. The molecule has 1 amide bonds. The monoisotopic (exact) mass is 524 g/mol. The van der Waals surface area contributed by atoms with Gasteiger partial charge in [0.15, 0.2) is 0 Å². The van der Waals surface area contributed by atoms with Gasteiger partial charge in [-0.3, -0.25) is 4.79 Å². The van der Waals surface area contributed by atoms with E-state index in [1.165, 1.54) is 10.4 Å². The second kappa shape index (κ2) is 10.9. The Bertz CT molecular complexity index is 1100. The molecule has 0 saturated carbocycles. The fourth-order valence-electron chi connectivity index (χ4n) is 4.80. The molecule has 34 heavy (non-hydrogen) atoms. The smallest absolute Gasteiger partial charge is 0.243 e. The van der Waals surface area contributed by atoms with Crippen LogP contribution < -0.4 is 4.74 Å². The van der Waals surface area contributed by atoms with E-state index in [-0.39, 0.29) is 30.4 Å². The molecule has 9 heteroatoms.